The lowest BCUT2D eigenvalue weighted by Gasteiger charge is -2.19. The summed E-state index contributed by atoms with van der Waals surface area (Å²) in [6, 6.07) is 0. The highest BCUT2D eigenvalue weighted by atomic mass is 32.2. The molecule has 0 fully saturated rings. The summed E-state index contributed by atoms with van der Waals surface area (Å²) in [7, 11) is -3.48. The summed E-state index contributed by atoms with van der Waals surface area (Å²) < 4.78 is 29.9. The minimum atomic E-state index is -3.48. The van der Waals surface area contributed by atoms with Gasteiger partial charge in [0.2, 0.25) is 10.0 Å². The predicted molar refractivity (Wildman–Crippen MR) is 46.6 cm³/mol. The van der Waals surface area contributed by atoms with Crippen molar-refractivity contribution in [3.63, 3.8) is 0 Å². The maximum absolute atomic E-state index is 11.5. The molecule has 6 heteroatoms. The summed E-state index contributed by atoms with van der Waals surface area (Å²) in [5.41, 5.74) is -0.504. The first kappa shape index (κ1) is 10.2. The zero-order valence-electron chi connectivity index (χ0n) is 7.73. The molecule has 1 N–H and O–H groups in total. The standard InChI is InChI=1S/C7H12N2O3S/c1-7(2,3)9-13(10,11)6-4-8-12-5-6/h4-5,9H,1-3H3. The Balaban J connectivity index is 2.93. The summed E-state index contributed by atoms with van der Waals surface area (Å²) >= 11 is 0. The van der Waals surface area contributed by atoms with Crippen LogP contribution in [0.15, 0.2) is 21.9 Å². The molecule has 13 heavy (non-hydrogen) atoms. The molecule has 0 saturated heterocycles. The van der Waals surface area contributed by atoms with Crippen LogP contribution in [0, 0.1) is 0 Å². The van der Waals surface area contributed by atoms with Crippen molar-refractivity contribution in [3.05, 3.63) is 12.5 Å². The van der Waals surface area contributed by atoms with E-state index < -0.39 is 15.6 Å². The van der Waals surface area contributed by atoms with E-state index >= 15 is 0 Å². The summed E-state index contributed by atoms with van der Waals surface area (Å²) in [5, 5.41) is 3.32. The third-order valence-electron chi connectivity index (χ3n) is 1.16. The van der Waals surface area contributed by atoms with Crippen LogP contribution < -0.4 is 4.72 Å². The van der Waals surface area contributed by atoms with Crippen molar-refractivity contribution in [2.75, 3.05) is 0 Å². The van der Waals surface area contributed by atoms with Gasteiger partial charge in [-0.1, -0.05) is 5.16 Å². The van der Waals surface area contributed by atoms with E-state index in [-0.39, 0.29) is 4.90 Å². The Morgan fingerprint density at radius 3 is 2.46 bits per heavy atom. The van der Waals surface area contributed by atoms with E-state index in [1.165, 1.54) is 0 Å². The first-order valence-corrected chi connectivity index (χ1v) is 5.23. The summed E-state index contributed by atoms with van der Waals surface area (Å²) in [6.07, 6.45) is 2.25. The SMILES string of the molecule is CC(C)(C)NS(=O)(=O)c1cnoc1. The van der Waals surface area contributed by atoms with Crippen LogP contribution in [0.3, 0.4) is 0 Å². The maximum Gasteiger partial charge on any atom is 0.245 e. The van der Waals surface area contributed by atoms with Gasteiger partial charge in [0.1, 0.15) is 11.2 Å². The molecule has 0 amide bonds. The van der Waals surface area contributed by atoms with Crippen LogP contribution in [0.4, 0.5) is 0 Å². The van der Waals surface area contributed by atoms with Gasteiger partial charge < -0.3 is 4.52 Å². The fourth-order valence-corrected chi connectivity index (χ4v) is 2.07. The number of aromatic nitrogens is 1. The second kappa shape index (κ2) is 3.12. The Bertz CT molecular complexity index is 361. The third-order valence-corrected chi connectivity index (χ3v) is 2.86. The Morgan fingerprint density at radius 2 is 2.08 bits per heavy atom. The number of nitrogens with zero attached hydrogens (tertiary/aromatic N) is 1. The second-order valence-electron chi connectivity index (χ2n) is 3.72. The van der Waals surface area contributed by atoms with Gasteiger partial charge in [-0.3, -0.25) is 0 Å². The largest absolute Gasteiger partial charge is 0.363 e. The van der Waals surface area contributed by atoms with Crippen molar-refractivity contribution in [3.8, 4) is 0 Å². The van der Waals surface area contributed by atoms with Gasteiger partial charge in [-0.25, -0.2) is 13.1 Å². The van der Waals surface area contributed by atoms with Crippen molar-refractivity contribution in [1.29, 1.82) is 0 Å². The lowest BCUT2D eigenvalue weighted by Crippen LogP contribution is -2.40. The summed E-state index contributed by atoms with van der Waals surface area (Å²) in [6.45, 7) is 5.29. The van der Waals surface area contributed by atoms with Crippen molar-refractivity contribution in [2.24, 2.45) is 0 Å². The van der Waals surface area contributed by atoms with Gasteiger partial charge >= 0.3 is 0 Å². The molecular weight excluding hydrogens is 192 g/mol. The van der Waals surface area contributed by atoms with E-state index in [1.54, 1.807) is 20.8 Å². The van der Waals surface area contributed by atoms with E-state index in [0.717, 1.165) is 12.5 Å². The Labute approximate surface area is 77.2 Å². The van der Waals surface area contributed by atoms with Gasteiger partial charge in [0, 0.05) is 5.54 Å². The van der Waals surface area contributed by atoms with Crippen LogP contribution in [0.1, 0.15) is 20.8 Å². The quantitative estimate of drug-likeness (QED) is 0.771. The van der Waals surface area contributed by atoms with Gasteiger partial charge in [-0.2, -0.15) is 0 Å². The van der Waals surface area contributed by atoms with Crippen molar-refractivity contribution in [1.82, 2.24) is 9.88 Å². The summed E-state index contributed by atoms with van der Waals surface area (Å²) in [4.78, 5) is 0.0439. The minimum Gasteiger partial charge on any atom is -0.363 e. The normalized spacial score (nSPS) is 13.2. The van der Waals surface area contributed by atoms with Crippen LogP contribution in [-0.2, 0) is 10.0 Å². The lowest BCUT2D eigenvalue weighted by atomic mass is 10.1. The fraction of sp³-hybridized carbons (Fsp3) is 0.571. The van der Waals surface area contributed by atoms with Crippen LogP contribution in [-0.4, -0.2) is 19.1 Å². The molecule has 0 bridgehead atoms. The highest BCUT2D eigenvalue weighted by Gasteiger charge is 2.23. The average Bonchev–Trinajstić information content (AvgIpc) is 2.29. The molecule has 0 aliphatic heterocycles. The van der Waals surface area contributed by atoms with Gasteiger partial charge in [0.05, 0.1) is 6.20 Å². The van der Waals surface area contributed by atoms with E-state index in [4.69, 9.17) is 0 Å². The molecule has 0 saturated carbocycles. The molecule has 5 nitrogen and oxygen atoms in total. The van der Waals surface area contributed by atoms with Crippen LogP contribution in [0.25, 0.3) is 0 Å². The summed E-state index contributed by atoms with van der Waals surface area (Å²) in [5.74, 6) is 0. The van der Waals surface area contributed by atoms with Gasteiger partial charge in [-0.05, 0) is 20.8 Å². The number of nitrogens with one attached hydrogen (secondary N) is 1. The molecular formula is C7H12N2O3S. The molecule has 1 heterocycles. The fourth-order valence-electron chi connectivity index (χ4n) is 0.790. The van der Waals surface area contributed by atoms with Gasteiger partial charge in [-0.15, -0.1) is 0 Å². The second-order valence-corrected chi connectivity index (χ2v) is 5.40. The zero-order valence-corrected chi connectivity index (χ0v) is 8.55. The van der Waals surface area contributed by atoms with Crippen molar-refractivity contribution in [2.45, 2.75) is 31.2 Å². The zero-order chi connectivity index (χ0) is 10.1. The molecule has 0 atom stereocenters. The average molecular weight is 204 g/mol. The van der Waals surface area contributed by atoms with E-state index in [9.17, 15) is 8.42 Å². The van der Waals surface area contributed by atoms with Crippen LogP contribution >= 0.6 is 0 Å². The van der Waals surface area contributed by atoms with E-state index in [1.807, 2.05) is 0 Å². The first-order chi connectivity index (χ1) is 5.81. The maximum atomic E-state index is 11.5. The molecule has 0 radical (unpaired) electrons. The predicted octanol–water partition coefficient (Wildman–Crippen LogP) is 0.751. The lowest BCUT2D eigenvalue weighted by molar-refractivity contribution is 0.417. The third kappa shape index (κ3) is 2.82. The molecule has 0 aromatic carbocycles. The number of hydrogen-bond acceptors (Lipinski definition) is 4. The minimum absolute atomic E-state index is 0.0439. The molecule has 0 aliphatic rings. The van der Waals surface area contributed by atoms with Gasteiger partial charge in [0.25, 0.3) is 0 Å². The molecule has 0 aliphatic carbocycles. The number of rotatable bonds is 2. The monoisotopic (exact) mass is 204 g/mol. The van der Waals surface area contributed by atoms with Crippen molar-refractivity contribution >= 4 is 10.0 Å². The molecule has 0 spiro atoms. The van der Waals surface area contributed by atoms with E-state index in [2.05, 4.69) is 14.4 Å². The van der Waals surface area contributed by atoms with Crippen molar-refractivity contribution < 1.29 is 12.9 Å². The van der Waals surface area contributed by atoms with E-state index in [0.29, 0.717) is 0 Å². The first-order valence-electron chi connectivity index (χ1n) is 3.75. The molecule has 1 rings (SSSR count). The Kier molecular flexibility index (Phi) is 2.44. The molecule has 1 aromatic heterocycles. The Morgan fingerprint density at radius 1 is 1.46 bits per heavy atom. The highest BCUT2D eigenvalue weighted by molar-refractivity contribution is 7.89. The van der Waals surface area contributed by atoms with Crippen LogP contribution in [0.2, 0.25) is 0 Å². The molecule has 74 valence electrons. The molecule has 0 unspecified atom stereocenters. The van der Waals surface area contributed by atoms with Crippen LogP contribution in [0.5, 0.6) is 0 Å². The number of sulfonamides is 1. The number of hydrogen-bond donors (Lipinski definition) is 1. The van der Waals surface area contributed by atoms with Gasteiger partial charge in [0.15, 0.2) is 0 Å². The smallest absolute Gasteiger partial charge is 0.245 e. The molecule has 1 aromatic rings. The highest BCUT2D eigenvalue weighted by Crippen LogP contribution is 2.10. The topological polar surface area (TPSA) is 72.2 Å². The Hall–Kier alpha value is -0.880.